The molecule has 1 fully saturated rings. The zero-order valence-electron chi connectivity index (χ0n) is 8.70. The first-order chi connectivity index (χ1) is 6.74. The van der Waals surface area contributed by atoms with Crippen molar-refractivity contribution in [1.29, 1.82) is 0 Å². The molecule has 1 unspecified atom stereocenters. The number of esters is 1. The van der Waals surface area contributed by atoms with Gasteiger partial charge in [-0.3, -0.25) is 4.79 Å². The molecule has 0 heterocycles. The minimum absolute atomic E-state index is 0.264. The zero-order valence-corrected chi connectivity index (χ0v) is 9.52. The van der Waals surface area contributed by atoms with Crippen LogP contribution in [0, 0.1) is 5.92 Å². The number of thioether (sulfide) groups is 1. The Morgan fingerprint density at radius 3 is 2.93 bits per heavy atom. The first-order valence-electron chi connectivity index (χ1n) is 5.24. The lowest BCUT2D eigenvalue weighted by atomic mass is 10.2. The number of nitrogens with two attached hydrogens (primary N) is 1. The number of hydrogen-bond donors (Lipinski definition) is 1. The summed E-state index contributed by atoms with van der Waals surface area (Å²) in [5.74, 6) is 2.88. The molecule has 1 aliphatic carbocycles. The van der Waals surface area contributed by atoms with Crippen LogP contribution in [0.5, 0.6) is 0 Å². The van der Waals surface area contributed by atoms with Gasteiger partial charge in [0.25, 0.3) is 0 Å². The quantitative estimate of drug-likeness (QED) is 0.517. The average molecular weight is 217 g/mol. The third-order valence-corrected chi connectivity index (χ3v) is 3.44. The predicted molar refractivity (Wildman–Crippen MR) is 59.3 cm³/mol. The highest BCUT2D eigenvalue weighted by molar-refractivity contribution is 7.99. The van der Waals surface area contributed by atoms with Crippen LogP contribution < -0.4 is 5.73 Å². The second-order valence-corrected chi connectivity index (χ2v) is 4.82. The number of carbonyl (C=O) groups excluding carboxylic acids is 1. The fourth-order valence-corrected chi connectivity index (χ4v) is 2.37. The van der Waals surface area contributed by atoms with E-state index in [9.17, 15) is 4.79 Å². The van der Waals surface area contributed by atoms with Crippen LogP contribution in [0.4, 0.5) is 0 Å². The Morgan fingerprint density at radius 1 is 1.64 bits per heavy atom. The summed E-state index contributed by atoms with van der Waals surface area (Å²) in [7, 11) is 0. The maximum atomic E-state index is 11.1. The Labute approximate surface area is 89.8 Å². The van der Waals surface area contributed by atoms with E-state index >= 15 is 0 Å². The van der Waals surface area contributed by atoms with Crippen molar-refractivity contribution in [3.05, 3.63) is 0 Å². The fourth-order valence-electron chi connectivity index (χ4n) is 1.11. The molecule has 0 bridgehead atoms. The third kappa shape index (κ3) is 4.86. The zero-order chi connectivity index (χ0) is 10.4. The molecule has 1 atom stereocenters. The van der Waals surface area contributed by atoms with Crippen LogP contribution >= 0.6 is 11.8 Å². The van der Waals surface area contributed by atoms with Gasteiger partial charge in [-0.2, -0.15) is 11.8 Å². The van der Waals surface area contributed by atoms with Crippen molar-refractivity contribution < 1.29 is 9.53 Å². The van der Waals surface area contributed by atoms with Crippen molar-refractivity contribution in [3.63, 3.8) is 0 Å². The third-order valence-electron chi connectivity index (χ3n) is 2.21. The first kappa shape index (κ1) is 11.9. The molecule has 0 aromatic carbocycles. The molecular formula is C10H19NO2S. The van der Waals surface area contributed by atoms with E-state index < -0.39 is 6.04 Å². The lowest BCUT2D eigenvalue weighted by Gasteiger charge is -2.09. The number of hydrogen-bond acceptors (Lipinski definition) is 4. The summed E-state index contributed by atoms with van der Waals surface area (Å²) in [5, 5.41) is 0. The van der Waals surface area contributed by atoms with Crippen molar-refractivity contribution in [1.82, 2.24) is 0 Å². The second-order valence-electron chi connectivity index (χ2n) is 3.67. The smallest absolute Gasteiger partial charge is 0.322 e. The van der Waals surface area contributed by atoms with Crippen LogP contribution in [0.15, 0.2) is 0 Å². The molecule has 1 saturated carbocycles. The summed E-state index contributed by atoms with van der Waals surface area (Å²) in [6, 6.07) is -0.429. The van der Waals surface area contributed by atoms with Crippen LogP contribution in [0.2, 0.25) is 0 Å². The van der Waals surface area contributed by atoms with Crippen LogP contribution in [0.25, 0.3) is 0 Å². The van der Waals surface area contributed by atoms with Crippen molar-refractivity contribution in [2.24, 2.45) is 11.7 Å². The van der Waals surface area contributed by atoms with Gasteiger partial charge in [0, 0.05) is 0 Å². The summed E-state index contributed by atoms with van der Waals surface area (Å²) < 4.78 is 4.82. The molecule has 1 rings (SSSR count). The summed E-state index contributed by atoms with van der Waals surface area (Å²) in [5.41, 5.74) is 5.65. The van der Waals surface area contributed by atoms with Crippen molar-refractivity contribution in [2.45, 2.75) is 32.2 Å². The van der Waals surface area contributed by atoms with Crippen molar-refractivity contribution in [3.8, 4) is 0 Å². The van der Waals surface area contributed by atoms with Crippen molar-refractivity contribution in [2.75, 3.05) is 18.1 Å². The normalized spacial score (nSPS) is 17.9. The summed E-state index contributed by atoms with van der Waals surface area (Å²) in [6.07, 6.45) is 3.50. The van der Waals surface area contributed by atoms with Gasteiger partial charge in [-0.25, -0.2) is 0 Å². The summed E-state index contributed by atoms with van der Waals surface area (Å²) in [6.45, 7) is 2.22. The Bertz CT molecular complexity index is 183. The minimum atomic E-state index is -0.429. The monoisotopic (exact) mass is 217 g/mol. The van der Waals surface area contributed by atoms with Gasteiger partial charge in [-0.05, 0) is 43.6 Å². The van der Waals surface area contributed by atoms with Gasteiger partial charge in [-0.15, -0.1) is 0 Å². The molecule has 2 N–H and O–H groups in total. The molecule has 0 saturated heterocycles. The molecule has 4 heteroatoms. The molecule has 0 amide bonds. The van der Waals surface area contributed by atoms with Gasteiger partial charge in [-0.1, -0.05) is 0 Å². The molecule has 0 aromatic rings. The highest BCUT2D eigenvalue weighted by Gasteiger charge is 2.21. The van der Waals surface area contributed by atoms with E-state index in [2.05, 4.69) is 0 Å². The average Bonchev–Trinajstić information content (AvgIpc) is 2.96. The lowest BCUT2D eigenvalue weighted by molar-refractivity contribution is -0.144. The van der Waals surface area contributed by atoms with E-state index in [1.165, 1.54) is 18.6 Å². The van der Waals surface area contributed by atoms with Gasteiger partial charge in [0.15, 0.2) is 0 Å². The molecule has 1 aliphatic rings. The Balaban J connectivity index is 1.95. The minimum Gasteiger partial charge on any atom is -0.465 e. The van der Waals surface area contributed by atoms with E-state index in [-0.39, 0.29) is 5.97 Å². The molecule has 82 valence electrons. The SMILES string of the molecule is CCOC(=O)C(N)CCSCC1CC1. The Hall–Kier alpha value is -0.220. The van der Waals surface area contributed by atoms with Gasteiger partial charge < -0.3 is 10.5 Å². The fraction of sp³-hybridized carbons (Fsp3) is 0.900. The molecule has 0 aromatic heterocycles. The van der Waals surface area contributed by atoms with E-state index in [4.69, 9.17) is 10.5 Å². The predicted octanol–water partition coefficient (Wildman–Crippen LogP) is 1.41. The highest BCUT2D eigenvalue weighted by atomic mass is 32.2. The van der Waals surface area contributed by atoms with Crippen LogP contribution in [0.3, 0.4) is 0 Å². The summed E-state index contributed by atoms with van der Waals surface area (Å²) in [4.78, 5) is 11.1. The molecule has 0 aliphatic heterocycles. The number of rotatable bonds is 7. The van der Waals surface area contributed by atoms with E-state index in [1.54, 1.807) is 6.92 Å². The Kier molecular flexibility index (Phi) is 5.33. The second kappa shape index (κ2) is 6.30. The van der Waals surface area contributed by atoms with Gasteiger partial charge in [0.1, 0.15) is 6.04 Å². The number of carbonyl (C=O) groups is 1. The molecule has 3 nitrogen and oxygen atoms in total. The molecule has 14 heavy (non-hydrogen) atoms. The van der Waals surface area contributed by atoms with Gasteiger partial charge in [0.2, 0.25) is 0 Å². The van der Waals surface area contributed by atoms with Gasteiger partial charge >= 0.3 is 5.97 Å². The van der Waals surface area contributed by atoms with Crippen molar-refractivity contribution >= 4 is 17.7 Å². The van der Waals surface area contributed by atoms with Crippen LogP contribution in [-0.2, 0) is 9.53 Å². The van der Waals surface area contributed by atoms with Crippen LogP contribution in [-0.4, -0.2) is 30.1 Å². The van der Waals surface area contributed by atoms with E-state index in [0.29, 0.717) is 6.61 Å². The Morgan fingerprint density at radius 2 is 2.36 bits per heavy atom. The lowest BCUT2D eigenvalue weighted by Crippen LogP contribution is -2.32. The first-order valence-corrected chi connectivity index (χ1v) is 6.39. The largest absolute Gasteiger partial charge is 0.465 e. The maximum absolute atomic E-state index is 11.1. The van der Waals surface area contributed by atoms with E-state index in [0.717, 1.165) is 18.1 Å². The number of ether oxygens (including phenoxy) is 1. The highest BCUT2D eigenvalue weighted by Crippen LogP contribution is 2.32. The summed E-state index contributed by atoms with van der Waals surface area (Å²) >= 11 is 1.90. The topological polar surface area (TPSA) is 52.3 Å². The van der Waals surface area contributed by atoms with Gasteiger partial charge in [0.05, 0.1) is 6.61 Å². The molecule has 0 radical (unpaired) electrons. The standard InChI is InChI=1S/C10H19NO2S/c1-2-13-10(12)9(11)5-6-14-7-8-3-4-8/h8-9H,2-7,11H2,1H3. The molecular weight excluding hydrogens is 198 g/mol. The van der Waals surface area contributed by atoms with E-state index in [1.807, 2.05) is 11.8 Å². The molecule has 0 spiro atoms. The van der Waals surface area contributed by atoms with Crippen LogP contribution in [0.1, 0.15) is 26.2 Å². The maximum Gasteiger partial charge on any atom is 0.322 e.